The van der Waals surface area contributed by atoms with E-state index in [0.29, 0.717) is 0 Å². The van der Waals surface area contributed by atoms with Gasteiger partial charge in [-0.3, -0.25) is 4.98 Å². The van der Waals surface area contributed by atoms with E-state index in [4.69, 9.17) is 0 Å². The summed E-state index contributed by atoms with van der Waals surface area (Å²) < 4.78 is 1.17. The number of hydrogen-bond donors (Lipinski definition) is 0. The van der Waals surface area contributed by atoms with Crippen molar-refractivity contribution in [1.29, 1.82) is 0 Å². The van der Waals surface area contributed by atoms with Gasteiger partial charge in [0.05, 0.1) is 0 Å². The van der Waals surface area contributed by atoms with Crippen molar-refractivity contribution in [1.82, 2.24) is 4.98 Å². The van der Waals surface area contributed by atoms with Crippen molar-refractivity contribution in [3.05, 3.63) is 28.0 Å². The van der Waals surface area contributed by atoms with E-state index in [1.165, 1.54) is 22.9 Å². The van der Waals surface area contributed by atoms with Gasteiger partial charge in [-0.05, 0) is 53.2 Å². The van der Waals surface area contributed by atoms with Crippen LogP contribution in [0.2, 0.25) is 0 Å². The molecule has 11 heavy (non-hydrogen) atoms. The Bertz CT molecular complexity index is 279. The Morgan fingerprint density at radius 1 is 1.55 bits per heavy atom. The first-order chi connectivity index (χ1) is 5.27. The van der Waals surface area contributed by atoms with Crippen LogP contribution in [0.4, 0.5) is 0 Å². The van der Waals surface area contributed by atoms with Gasteiger partial charge in [-0.15, -0.1) is 0 Å². The number of aryl methyl sites for hydroxylation is 1. The van der Waals surface area contributed by atoms with E-state index in [1.807, 2.05) is 13.1 Å². The third-order valence-electron chi connectivity index (χ3n) is 2.04. The summed E-state index contributed by atoms with van der Waals surface area (Å²) >= 11 is 3.51. The lowest BCUT2D eigenvalue weighted by molar-refractivity contribution is 1.06. The van der Waals surface area contributed by atoms with E-state index in [1.54, 1.807) is 0 Å². The highest BCUT2D eigenvalue weighted by Crippen LogP contribution is 2.43. The fourth-order valence-corrected chi connectivity index (χ4v) is 1.81. The van der Waals surface area contributed by atoms with E-state index in [0.717, 1.165) is 11.6 Å². The lowest BCUT2D eigenvalue weighted by Crippen LogP contribution is -1.86. The van der Waals surface area contributed by atoms with Crippen LogP contribution in [0, 0.1) is 6.92 Å². The van der Waals surface area contributed by atoms with Crippen LogP contribution < -0.4 is 0 Å². The molecule has 2 rings (SSSR count). The normalized spacial score (nSPS) is 16.9. The molecule has 0 radical (unpaired) electrons. The summed E-state index contributed by atoms with van der Waals surface area (Å²) in [6.45, 7) is 2.04. The number of halogens is 1. The Morgan fingerprint density at radius 2 is 2.27 bits per heavy atom. The molecule has 0 aliphatic heterocycles. The summed E-state index contributed by atoms with van der Waals surface area (Å²) in [5.74, 6) is 0.811. The molecule has 0 saturated heterocycles. The molecule has 1 nitrogen and oxygen atoms in total. The highest BCUT2D eigenvalue weighted by atomic mass is 79.9. The number of nitrogens with zero attached hydrogens (tertiary/aromatic N) is 1. The fourth-order valence-electron chi connectivity index (χ4n) is 1.27. The number of rotatable bonds is 1. The Labute approximate surface area is 75.0 Å². The zero-order valence-corrected chi connectivity index (χ0v) is 8.06. The summed E-state index contributed by atoms with van der Waals surface area (Å²) in [5, 5.41) is 0. The summed E-state index contributed by atoms with van der Waals surface area (Å²) in [5.41, 5.74) is 2.56. The van der Waals surface area contributed by atoms with Crippen LogP contribution in [0.15, 0.2) is 16.7 Å². The molecule has 0 unspecified atom stereocenters. The number of aromatic nitrogens is 1. The zero-order chi connectivity index (χ0) is 7.84. The van der Waals surface area contributed by atoms with Crippen molar-refractivity contribution < 1.29 is 0 Å². The second-order valence-corrected chi connectivity index (χ2v) is 3.98. The van der Waals surface area contributed by atoms with E-state index >= 15 is 0 Å². The van der Waals surface area contributed by atoms with Gasteiger partial charge in [-0.1, -0.05) is 0 Å². The maximum atomic E-state index is 4.20. The molecule has 1 aromatic heterocycles. The first kappa shape index (κ1) is 7.29. The van der Waals surface area contributed by atoms with E-state index in [-0.39, 0.29) is 0 Å². The topological polar surface area (TPSA) is 12.9 Å². The van der Waals surface area contributed by atoms with Crippen LogP contribution in [0.3, 0.4) is 0 Å². The van der Waals surface area contributed by atoms with Gasteiger partial charge in [-0.25, -0.2) is 0 Å². The van der Waals surface area contributed by atoms with Gasteiger partial charge in [0.25, 0.3) is 0 Å². The zero-order valence-electron chi connectivity index (χ0n) is 6.47. The minimum absolute atomic E-state index is 0.811. The molecule has 1 saturated carbocycles. The van der Waals surface area contributed by atoms with Gasteiger partial charge in [-0.2, -0.15) is 0 Å². The van der Waals surface area contributed by atoms with E-state index in [9.17, 15) is 0 Å². The third-order valence-corrected chi connectivity index (χ3v) is 2.70. The maximum Gasteiger partial charge on any atom is 0.0416 e. The highest BCUT2D eigenvalue weighted by Gasteiger charge is 2.25. The lowest BCUT2D eigenvalue weighted by atomic mass is 10.1. The molecule has 1 fully saturated rings. The summed E-state index contributed by atoms with van der Waals surface area (Å²) in [6.07, 6.45) is 4.60. The van der Waals surface area contributed by atoms with Gasteiger partial charge in [0.2, 0.25) is 0 Å². The van der Waals surface area contributed by atoms with Gasteiger partial charge in [0.15, 0.2) is 0 Å². The molecular formula is C9H10BrN. The largest absolute Gasteiger partial charge is 0.260 e. The lowest BCUT2D eigenvalue weighted by Gasteiger charge is -2.01. The van der Waals surface area contributed by atoms with Crippen LogP contribution >= 0.6 is 15.9 Å². The summed E-state index contributed by atoms with van der Waals surface area (Å²) in [7, 11) is 0. The molecule has 1 heterocycles. The Hall–Kier alpha value is -0.370. The second-order valence-electron chi connectivity index (χ2n) is 3.12. The number of hydrogen-bond acceptors (Lipinski definition) is 1. The van der Waals surface area contributed by atoms with Crippen molar-refractivity contribution >= 4 is 15.9 Å². The predicted octanol–water partition coefficient (Wildman–Crippen LogP) is 3.03. The molecule has 0 N–H and O–H groups in total. The Balaban J connectivity index is 2.42. The molecule has 0 atom stereocenters. The Morgan fingerprint density at radius 3 is 2.91 bits per heavy atom. The van der Waals surface area contributed by atoms with Crippen LogP contribution in [-0.4, -0.2) is 4.98 Å². The maximum absolute atomic E-state index is 4.20. The van der Waals surface area contributed by atoms with Gasteiger partial charge < -0.3 is 0 Å². The average Bonchev–Trinajstić information content (AvgIpc) is 2.76. The van der Waals surface area contributed by atoms with Crippen molar-refractivity contribution in [2.24, 2.45) is 0 Å². The van der Waals surface area contributed by atoms with Gasteiger partial charge in [0, 0.05) is 16.4 Å². The summed E-state index contributed by atoms with van der Waals surface area (Å²) in [4.78, 5) is 4.20. The monoisotopic (exact) mass is 211 g/mol. The van der Waals surface area contributed by atoms with Crippen LogP contribution in [0.1, 0.15) is 30.0 Å². The van der Waals surface area contributed by atoms with E-state index < -0.39 is 0 Å². The molecule has 2 heteroatoms. The molecule has 1 aromatic rings. The molecule has 58 valence electrons. The van der Waals surface area contributed by atoms with Gasteiger partial charge >= 0.3 is 0 Å². The third kappa shape index (κ3) is 1.45. The standard InChI is InChI=1S/C9H10BrN/c1-6-4-8(7-2-3-7)9(10)5-11-6/h4-5,7H,2-3H2,1H3. The van der Waals surface area contributed by atoms with Crippen LogP contribution in [0.5, 0.6) is 0 Å². The molecule has 0 spiro atoms. The molecule has 0 bridgehead atoms. The molecule has 1 aliphatic rings. The second kappa shape index (κ2) is 2.59. The summed E-state index contributed by atoms with van der Waals surface area (Å²) in [6, 6.07) is 2.18. The smallest absolute Gasteiger partial charge is 0.0416 e. The number of pyridine rings is 1. The van der Waals surface area contributed by atoms with Crippen molar-refractivity contribution in [3.63, 3.8) is 0 Å². The average molecular weight is 212 g/mol. The highest BCUT2D eigenvalue weighted by molar-refractivity contribution is 9.10. The van der Waals surface area contributed by atoms with Crippen LogP contribution in [0.25, 0.3) is 0 Å². The fraction of sp³-hybridized carbons (Fsp3) is 0.444. The van der Waals surface area contributed by atoms with Crippen molar-refractivity contribution in [3.8, 4) is 0 Å². The SMILES string of the molecule is Cc1cc(C2CC2)c(Br)cn1. The molecule has 0 aromatic carbocycles. The minimum Gasteiger partial charge on any atom is -0.260 e. The van der Waals surface area contributed by atoms with Crippen LogP contribution in [-0.2, 0) is 0 Å². The first-order valence-electron chi connectivity index (χ1n) is 3.89. The van der Waals surface area contributed by atoms with Gasteiger partial charge in [0.1, 0.15) is 0 Å². The Kier molecular flexibility index (Phi) is 1.72. The van der Waals surface area contributed by atoms with Crippen molar-refractivity contribution in [2.75, 3.05) is 0 Å². The first-order valence-corrected chi connectivity index (χ1v) is 4.68. The quantitative estimate of drug-likeness (QED) is 0.697. The molecule has 0 amide bonds. The predicted molar refractivity (Wildman–Crippen MR) is 48.6 cm³/mol. The molecular weight excluding hydrogens is 202 g/mol. The minimum atomic E-state index is 0.811. The molecule has 1 aliphatic carbocycles. The van der Waals surface area contributed by atoms with E-state index in [2.05, 4.69) is 27.0 Å². The van der Waals surface area contributed by atoms with Crippen molar-refractivity contribution in [2.45, 2.75) is 25.7 Å².